The Morgan fingerprint density at radius 1 is 0.633 bits per heavy atom. The first-order valence-electron chi connectivity index (χ1n) is 9.98. The Bertz CT molecular complexity index is 447. The molecule has 0 aliphatic rings. The van der Waals surface area contributed by atoms with Crippen molar-refractivity contribution in [2.75, 3.05) is 98.9 Å². The Labute approximate surface area is 179 Å². The minimum atomic E-state index is -0.874. The molecule has 0 fully saturated rings. The van der Waals surface area contributed by atoms with Crippen molar-refractivity contribution < 1.29 is 38.3 Å². The summed E-state index contributed by atoms with van der Waals surface area (Å²) in [7, 11) is 0. The zero-order valence-electron chi connectivity index (χ0n) is 17.7. The highest BCUT2D eigenvalue weighted by Gasteiger charge is 2.06. The van der Waals surface area contributed by atoms with Gasteiger partial charge in [0.15, 0.2) is 0 Å². The van der Waals surface area contributed by atoms with Gasteiger partial charge in [-0.15, -0.1) is 12.8 Å². The molecule has 0 unspecified atom stereocenters. The average molecular weight is 430 g/mol. The SMILES string of the molecule is C#CCOCCOCCN(CCOCCOCC#C)CCOCCOCCC(=O)O. The second-order valence-electron chi connectivity index (χ2n) is 5.95. The molecule has 0 heterocycles. The zero-order chi connectivity index (χ0) is 22.1. The van der Waals surface area contributed by atoms with Gasteiger partial charge in [0.2, 0.25) is 0 Å². The molecule has 0 bridgehead atoms. The second-order valence-corrected chi connectivity index (χ2v) is 5.95. The third-order valence-corrected chi connectivity index (χ3v) is 3.60. The van der Waals surface area contributed by atoms with Crippen molar-refractivity contribution in [1.82, 2.24) is 4.90 Å². The quantitative estimate of drug-likeness (QED) is 0.180. The molecule has 0 atom stereocenters. The summed E-state index contributed by atoms with van der Waals surface area (Å²) in [5.41, 5.74) is 0. The lowest BCUT2D eigenvalue weighted by atomic mass is 10.4. The fraction of sp³-hybridized carbons (Fsp3) is 0.762. The second kappa shape index (κ2) is 23.6. The number of aliphatic carboxylic acids is 1. The van der Waals surface area contributed by atoms with E-state index in [9.17, 15) is 4.79 Å². The molecular weight excluding hydrogens is 394 g/mol. The molecule has 0 saturated carbocycles. The lowest BCUT2D eigenvalue weighted by Gasteiger charge is -2.22. The van der Waals surface area contributed by atoms with Gasteiger partial charge in [-0.25, -0.2) is 0 Å². The fourth-order valence-electron chi connectivity index (χ4n) is 2.10. The number of carbonyl (C=O) groups is 1. The third kappa shape index (κ3) is 22.6. The Morgan fingerprint density at radius 3 is 1.37 bits per heavy atom. The molecule has 172 valence electrons. The topological polar surface area (TPSA) is 95.9 Å². The number of nitrogens with zero attached hydrogens (tertiary/aromatic N) is 1. The number of terminal acetylenes is 2. The summed E-state index contributed by atoms with van der Waals surface area (Å²) >= 11 is 0. The van der Waals surface area contributed by atoms with E-state index in [1.54, 1.807) is 0 Å². The first-order valence-corrected chi connectivity index (χ1v) is 9.98. The van der Waals surface area contributed by atoms with Gasteiger partial charge in [0.1, 0.15) is 13.2 Å². The minimum absolute atomic E-state index is 0.00464. The maximum absolute atomic E-state index is 10.4. The van der Waals surface area contributed by atoms with E-state index in [0.29, 0.717) is 66.0 Å². The Hall–Kier alpha value is -1.69. The van der Waals surface area contributed by atoms with E-state index in [2.05, 4.69) is 16.7 Å². The summed E-state index contributed by atoms with van der Waals surface area (Å²) in [5, 5.41) is 8.53. The summed E-state index contributed by atoms with van der Waals surface area (Å²) in [6.07, 6.45) is 10.2. The summed E-state index contributed by atoms with van der Waals surface area (Å²) in [6, 6.07) is 0. The van der Waals surface area contributed by atoms with Crippen molar-refractivity contribution in [3.63, 3.8) is 0 Å². The van der Waals surface area contributed by atoms with E-state index in [1.807, 2.05) is 0 Å². The molecule has 0 radical (unpaired) electrons. The van der Waals surface area contributed by atoms with E-state index >= 15 is 0 Å². The molecule has 0 aromatic heterocycles. The van der Waals surface area contributed by atoms with Crippen LogP contribution in [0.2, 0.25) is 0 Å². The first-order chi connectivity index (χ1) is 14.7. The van der Waals surface area contributed by atoms with Gasteiger partial charge in [0, 0.05) is 19.6 Å². The number of hydrogen-bond acceptors (Lipinski definition) is 8. The van der Waals surface area contributed by atoms with Gasteiger partial charge >= 0.3 is 5.97 Å². The monoisotopic (exact) mass is 429 g/mol. The van der Waals surface area contributed by atoms with E-state index in [0.717, 1.165) is 13.1 Å². The summed E-state index contributed by atoms with van der Waals surface area (Å²) in [6.45, 7) is 7.27. The van der Waals surface area contributed by atoms with Gasteiger partial charge in [-0.1, -0.05) is 11.8 Å². The van der Waals surface area contributed by atoms with Crippen molar-refractivity contribution >= 4 is 5.97 Å². The molecule has 9 nitrogen and oxygen atoms in total. The molecule has 1 N–H and O–H groups in total. The maximum atomic E-state index is 10.4. The Kier molecular flexibility index (Phi) is 22.3. The molecule has 0 spiro atoms. The zero-order valence-corrected chi connectivity index (χ0v) is 17.7. The standard InChI is InChI=1S/C21H35NO8/c1-3-9-25-15-18-28-12-6-22(7-13-29-19-16-26-10-4-2)8-14-30-20-17-27-11-5-21(23)24/h1-2H,5-20H2,(H,23,24). The van der Waals surface area contributed by atoms with Crippen LogP contribution in [-0.4, -0.2) is 115 Å². The number of carboxylic acid groups (broad SMARTS) is 1. The van der Waals surface area contributed by atoms with Crippen LogP contribution in [0.15, 0.2) is 0 Å². The fourth-order valence-corrected chi connectivity index (χ4v) is 2.10. The summed E-state index contributed by atoms with van der Waals surface area (Å²) in [4.78, 5) is 12.6. The number of ether oxygens (including phenoxy) is 6. The molecule has 0 aromatic carbocycles. The van der Waals surface area contributed by atoms with Gasteiger partial charge in [-0.2, -0.15) is 0 Å². The molecule has 0 rings (SSSR count). The highest BCUT2D eigenvalue weighted by atomic mass is 16.5. The van der Waals surface area contributed by atoms with E-state index in [4.69, 9.17) is 46.4 Å². The largest absolute Gasteiger partial charge is 0.481 e. The molecule has 0 aliphatic carbocycles. The van der Waals surface area contributed by atoms with Crippen molar-refractivity contribution in [1.29, 1.82) is 0 Å². The van der Waals surface area contributed by atoms with Gasteiger partial charge in [0.25, 0.3) is 0 Å². The van der Waals surface area contributed by atoms with Gasteiger partial charge in [-0.05, 0) is 0 Å². The van der Waals surface area contributed by atoms with Crippen LogP contribution in [-0.2, 0) is 33.2 Å². The molecular formula is C21H35NO8. The predicted molar refractivity (Wildman–Crippen MR) is 111 cm³/mol. The molecule has 30 heavy (non-hydrogen) atoms. The van der Waals surface area contributed by atoms with E-state index < -0.39 is 5.97 Å². The third-order valence-electron chi connectivity index (χ3n) is 3.60. The van der Waals surface area contributed by atoms with Crippen LogP contribution in [0.1, 0.15) is 6.42 Å². The number of rotatable bonds is 23. The van der Waals surface area contributed by atoms with E-state index in [1.165, 1.54) is 0 Å². The average Bonchev–Trinajstić information content (AvgIpc) is 2.73. The highest BCUT2D eigenvalue weighted by molar-refractivity contribution is 5.66. The van der Waals surface area contributed by atoms with Crippen molar-refractivity contribution in [3.8, 4) is 24.7 Å². The normalized spacial score (nSPS) is 10.8. The molecule has 0 amide bonds. The first kappa shape index (κ1) is 28.3. The van der Waals surface area contributed by atoms with Crippen molar-refractivity contribution in [3.05, 3.63) is 0 Å². The van der Waals surface area contributed by atoms with Crippen LogP contribution in [0.4, 0.5) is 0 Å². The summed E-state index contributed by atoms with van der Waals surface area (Å²) in [5.74, 6) is 3.93. The lowest BCUT2D eigenvalue weighted by molar-refractivity contribution is -0.138. The van der Waals surface area contributed by atoms with Gasteiger partial charge in [0.05, 0.1) is 72.5 Å². The van der Waals surface area contributed by atoms with Crippen LogP contribution in [0, 0.1) is 24.7 Å². The molecule has 0 aliphatic heterocycles. The maximum Gasteiger partial charge on any atom is 0.305 e. The van der Waals surface area contributed by atoms with Crippen LogP contribution in [0.5, 0.6) is 0 Å². The lowest BCUT2D eigenvalue weighted by Crippen LogP contribution is -2.34. The summed E-state index contributed by atoms with van der Waals surface area (Å²) < 4.78 is 32.1. The Morgan fingerprint density at radius 2 is 1.00 bits per heavy atom. The van der Waals surface area contributed by atoms with Crippen LogP contribution in [0.25, 0.3) is 0 Å². The number of hydrogen-bond donors (Lipinski definition) is 1. The Balaban J connectivity index is 3.87. The van der Waals surface area contributed by atoms with Crippen molar-refractivity contribution in [2.45, 2.75) is 6.42 Å². The van der Waals surface area contributed by atoms with Crippen LogP contribution in [0.3, 0.4) is 0 Å². The van der Waals surface area contributed by atoms with Crippen LogP contribution < -0.4 is 0 Å². The van der Waals surface area contributed by atoms with E-state index in [-0.39, 0.29) is 26.2 Å². The molecule has 0 aromatic rings. The number of carboxylic acids is 1. The van der Waals surface area contributed by atoms with Crippen LogP contribution >= 0.6 is 0 Å². The molecule has 0 saturated heterocycles. The predicted octanol–water partition coefficient (Wildman–Crippen LogP) is 0.129. The highest BCUT2D eigenvalue weighted by Crippen LogP contribution is 1.93. The van der Waals surface area contributed by atoms with Gasteiger partial charge < -0.3 is 33.5 Å². The van der Waals surface area contributed by atoms with Crippen molar-refractivity contribution in [2.24, 2.45) is 0 Å². The van der Waals surface area contributed by atoms with Gasteiger partial charge in [-0.3, -0.25) is 9.69 Å². The smallest absolute Gasteiger partial charge is 0.305 e. The minimum Gasteiger partial charge on any atom is -0.481 e. The molecule has 9 heteroatoms.